The van der Waals surface area contributed by atoms with Gasteiger partial charge in [0.25, 0.3) is 0 Å². The van der Waals surface area contributed by atoms with E-state index >= 15 is 0 Å². The average molecular weight is 381 g/mol. The van der Waals surface area contributed by atoms with E-state index in [4.69, 9.17) is 25.8 Å². The highest BCUT2D eigenvalue weighted by atomic mass is 16.4. The molecule has 0 amide bonds. The molecule has 0 aromatic carbocycles. The number of carboxylic acid groups (broad SMARTS) is 2. The van der Waals surface area contributed by atoms with Gasteiger partial charge in [-0.05, 0) is 44.2 Å². The summed E-state index contributed by atoms with van der Waals surface area (Å²) in [5.74, 6) is -1.83. The van der Waals surface area contributed by atoms with Gasteiger partial charge in [-0.3, -0.25) is 14.6 Å². The number of aliphatic carboxylic acids is 2. The number of imidazole rings is 1. The minimum absolute atomic E-state index is 0.166. The van der Waals surface area contributed by atoms with Crippen molar-refractivity contribution in [2.45, 2.75) is 50.7 Å². The van der Waals surface area contributed by atoms with Crippen molar-refractivity contribution in [2.24, 2.45) is 16.5 Å². The number of unbranched alkanes of at least 4 members (excludes halogenated alkanes) is 1. The SMILES string of the molecule is [2H]c1c2[nH]c(=NCCC[C@H](N)C(=O)O)nc-2n(CCCC[C@H](N)C(=O)O)c([2H])c1[2H]. The summed E-state index contributed by atoms with van der Waals surface area (Å²) in [4.78, 5) is 33.0. The quantitative estimate of drug-likeness (QED) is 0.340. The normalized spacial score (nSPS) is 15.9. The lowest BCUT2D eigenvalue weighted by Crippen LogP contribution is -2.30. The first kappa shape index (κ1) is 16.5. The third-order valence-electron chi connectivity index (χ3n) is 4.02. The van der Waals surface area contributed by atoms with Crippen molar-refractivity contribution < 1.29 is 23.9 Å². The zero-order valence-electron chi connectivity index (χ0n) is 17.8. The van der Waals surface area contributed by atoms with E-state index in [1.54, 1.807) is 0 Å². The Bertz CT molecular complexity index is 944. The molecule has 0 bridgehead atoms. The second kappa shape index (κ2) is 9.83. The Morgan fingerprint density at radius 2 is 1.89 bits per heavy atom. The summed E-state index contributed by atoms with van der Waals surface area (Å²) < 4.78 is 25.7. The number of nitrogens with two attached hydrogens (primary N) is 2. The number of carbonyl (C=O) groups is 2. The van der Waals surface area contributed by atoms with Gasteiger partial charge in [0.1, 0.15) is 12.1 Å². The Hall–Kier alpha value is -2.72. The molecule has 2 atom stereocenters. The van der Waals surface area contributed by atoms with Crippen LogP contribution in [-0.2, 0) is 16.1 Å². The lowest BCUT2D eigenvalue weighted by atomic mass is 10.1. The molecule has 0 aromatic rings. The van der Waals surface area contributed by atoms with Gasteiger partial charge in [0, 0.05) is 19.3 Å². The van der Waals surface area contributed by atoms with Crippen molar-refractivity contribution in [1.29, 1.82) is 0 Å². The minimum Gasteiger partial charge on any atom is -0.480 e. The smallest absolute Gasteiger partial charge is 0.320 e. The van der Waals surface area contributed by atoms with Crippen LogP contribution < -0.4 is 17.1 Å². The Balaban J connectivity index is 2.17. The van der Waals surface area contributed by atoms with Gasteiger partial charge in [-0.2, -0.15) is 4.98 Å². The monoisotopic (exact) mass is 381 g/mol. The van der Waals surface area contributed by atoms with E-state index in [9.17, 15) is 9.59 Å². The van der Waals surface area contributed by atoms with E-state index in [-0.39, 0.29) is 49.0 Å². The van der Waals surface area contributed by atoms with Crippen molar-refractivity contribution in [2.75, 3.05) is 6.54 Å². The van der Waals surface area contributed by atoms with Crippen molar-refractivity contribution in [3.05, 3.63) is 23.9 Å². The van der Waals surface area contributed by atoms with Gasteiger partial charge >= 0.3 is 11.9 Å². The van der Waals surface area contributed by atoms with Crippen LogP contribution in [0.1, 0.15) is 36.2 Å². The second-order valence-electron chi connectivity index (χ2n) is 6.18. The molecule has 0 fully saturated rings. The maximum absolute atomic E-state index is 10.8. The summed E-state index contributed by atoms with van der Waals surface area (Å²) >= 11 is 0. The molecule has 0 unspecified atom stereocenters. The van der Waals surface area contributed by atoms with Crippen molar-refractivity contribution in [3.63, 3.8) is 0 Å². The molecule has 0 radical (unpaired) electrons. The molecule has 10 nitrogen and oxygen atoms in total. The predicted octanol–water partition coefficient (Wildman–Crippen LogP) is -0.00900. The molecule has 0 aliphatic carbocycles. The molecule has 0 saturated heterocycles. The Morgan fingerprint density at radius 1 is 1.22 bits per heavy atom. The summed E-state index contributed by atoms with van der Waals surface area (Å²) in [5.41, 5.74) is 11.4. The third-order valence-corrected chi connectivity index (χ3v) is 4.02. The van der Waals surface area contributed by atoms with E-state index in [1.165, 1.54) is 4.57 Å². The number of aromatic nitrogens is 3. The number of hydrogen-bond donors (Lipinski definition) is 5. The first-order valence-electron chi connectivity index (χ1n) is 10.2. The highest BCUT2D eigenvalue weighted by Gasteiger charge is 2.13. The van der Waals surface area contributed by atoms with E-state index < -0.39 is 24.0 Å². The lowest BCUT2D eigenvalue weighted by Gasteiger charge is -2.11. The first-order chi connectivity index (χ1) is 14.1. The number of fused-ring (bicyclic) bond motifs is 1. The number of rotatable bonds is 11. The van der Waals surface area contributed by atoms with E-state index in [0.29, 0.717) is 31.6 Å². The van der Waals surface area contributed by atoms with Gasteiger partial charge in [-0.15, -0.1) is 0 Å². The van der Waals surface area contributed by atoms with E-state index in [1.807, 2.05) is 0 Å². The highest BCUT2D eigenvalue weighted by Crippen LogP contribution is 2.15. The maximum atomic E-state index is 10.8. The van der Waals surface area contributed by atoms with Crippen molar-refractivity contribution in [3.8, 4) is 11.5 Å². The van der Waals surface area contributed by atoms with Crippen LogP contribution in [0.5, 0.6) is 0 Å². The summed E-state index contributed by atoms with van der Waals surface area (Å²) in [7, 11) is 0. The molecule has 10 heteroatoms. The van der Waals surface area contributed by atoms with Crippen LogP contribution in [-0.4, -0.2) is 55.3 Å². The average Bonchev–Trinajstić information content (AvgIpc) is 3.12. The number of pyridine rings is 1. The first-order valence-corrected chi connectivity index (χ1v) is 8.67. The summed E-state index contributed by atoms with van der Waals surface area (Å²) in [6, 6.07) is -2.32. The molecular weight excluding hydrogens is 352 g/mol. The zero-order chi connectivity index (χ0) is 22.4. The predicted molar refractivity (Wildman–Crippen MR) is 97.9 cm³/mol. The van der Waals surface area contributed by atoms with Gasteiger partial charge < -0.3 is 31.2 Å². The summed E-state index contributed by atoms with van der Waals surface area (Å²) in [5, 5.41) is 17.6. The molecular formula is C17H26N6O4. The van der Waals surface area contributed by atoms with Crippen molar-refractivity contribution >= 4 is 11.9 Å². The second-order valence-corrected chi connectivity index (χ2v) is 6.18. The molecule has 0 saturated carbocycles. The molecule has 2 aliphatic heterocycles. The van der Waals surface area contributed by atoms with E-state index in [0.717, 1.165) is 0 Å². The lowest BCUT2D eigenvalue weighted by molar-refractivity contribution is -0.139. The molecule has 0 spiro atoms. The Labute approximate surface area is 160 Å². The fourth-order valence-corrected chi connectivity index (χ4v) is 2.46. The van der Waals surface area contributed by atoms with Crippen molar-refractivity contribution in [1.82, 2.24) is 14.5 Å². The van der Waals surface area contributed by atoms with Crippen LogP contribution in [0, 0.1) is 0 Å². The van der Waals surface area contributed by atoms with E-state index in [2.05, 4.69) is 15.0 Å². The number of aromatic amines is 1. The van der Waals surface area contributed by atoms with Crippen LogP contribution in [0.4, 0.5) is 0 Å². The Kier molecular flexibility index (Phi) is 5.99. The number of nitrogens with one attached hydrogen (secondary N) is 1. The van der Waals surface area contributed by atoms with Crippen LogP contribution >= 0.6 is 0 Å². The fourth-order valence-electron chi connectivity index (χ4n) is 2.46. The van der Waals surface area contributed by atoms with Gasteiger partial charge in [0.15, 0.2) is 5.82 Å². The van der Waals surface area contributed by atoms with Gasteiger partial charge in [0.05, 0.1) is 9.81 Å². The minimum atomic E-state index is -1.08. The molecule has 148 valence electrons. The van der Waals surface area contributed by atoms with Gasteiger partial charge in [-0.25, -0.2) is 0 Å². The molecule has 0 aromatic heterocycles. The van der Waals surface area contributed by atoms with Crippen LogP contribution in [0.3, 0.4) is 0 Å². The van der Waals surface area contributed by atoms with Crippen LogP contribution in [0.15, 0.2) is 23.3 Å². The third kappa shape index (κ3) is 6.19. The molecule has 2 aliphatic rings. The number of hydrogen-bond acceptors (Lipinski definition) is 6. The molecule has 2 rings (SSSR count). The van der Waals surface area contributed by atoms with Gasteiger partial charge in [0.2, 0.25) is 5.62 Å². The number of H-pyrrole nitrogens is 1. The van der Waals surface area contributed by atoms with Gasteiger partial charge in [-0.1, -0.05) is 0 Å². The molecule has 27 heavy (non-hydrogen) atoms. The largest absolute Gasteiger partial charge is 0.480 e. The molecule has 7 N–H and O–H groups in total. The fraction of sp³-hybridized carbons (Fsp3) is 0.529. The standard InChI is InChI=1S/C17H26N6O4/c18-11(15(24)25)5-1-2-9-23-10-4-7-13-14(23)22-17(21-13)20-8-3-6-12(19)16(26)27/h4,7,10-12H,1-3,5-6,8-9,18-19H2,(H,20,21)(H,24,25)(H,26,27)/t11-,12-/m0/s1/i4D,7D,10D. The summed E-state index contributed by atoms with van der Waals surface area (Å²) in [6.07, 6.45) is 1.86. The van der Waals surface area contributed by atoms with Crippen LogP contribution in [0.2, 0.25) is 0 Å². The highest BCUT2D eigenvalue weighted by molar-refractivity contribution is 5.73. The maximum Gasteiger partial charge on any atom is 0.320 e. The zero-order valence-corrected chi connectivity index (χ0v) is 14.8. The van der Waals surface area contributed by atoms with Crippen LogP contribution in [0.25, 0.3) is 11.5 Å². The number of carboxylic acids is 2. The Morgan fingerprint density at radius 3 is 2.56 bits per heavy atom. The topological polar surface area (TPSA) is 173 Å². The summed E-state index contributed by atoms with van der Waals surface area (Å²) in [6.45, 7) is 0.592. The molecule has 2 heterocycles. The number of nitrogens with zero attached hydrogens (tertiary/aromatic N) is 3.